The van der Waals surface area contributed by atoms with E-state index in [-0.39, 0.29) is 5.60 Å². The lowest BCUT2D eigenvalue weighted by Gasteiger charge is -2.19. The van der Waals surface area contributed by atoms with Gasteiger partial charge in [-0.3, -0.25) is 0 Å². The molecule has 0 bridgehead atoms. The highest BCUT2D eigenvalue weighted by molar-refractivity contribution is 5.49. The molecule has 0 radical (unpaired) electrons. The van der Waals surface area contributed by atoms with Gasteiger partial charge in [0, 0.05) is 6.07 Å². The van der Waals surface area contributed by atoms with Crippen LogP contribution in [0.3, 0.4) is 0 Å². The van der Waals surface area contributed by atoms with Crippen LogP contribution in [-0.2, 0) is 4.74 Å². The number of ether oxygens (including phenoxy) is 3. The molecule has 5 nitrogen and oxygen atoms in total. The molecule has 0 fully saturated rings. The first-order valence-electron chi connectivity index (χ1n) is 6.08. The molecule has 0 aliphatic heterocycles. The summed E-state index contributed by atoms with van der Waals surface area (Å²) >= 11 is 0. The van der Waals surface area contributed by atoms with Gasteiger partial charge >= 0.3 is 0 Å². The van der Waals surface area contributed by atoms with Gasteiger partial charge in [-0.1, -0.05) is 0 Å². The zero-order chi connectivity index (χ0) is 13.6. The second-order valence-corrected chi connectivity index (χ2v) is 4.79. The van der Waals surface area contributed by atoms with Gasteiger partial charge in [-0.25, -0.2) is 0 Å². The Kier molecular flexibility index (Phi) is 5.22. The second kappa shape index (κ2) is 6.44. The summed E-state index contributed by atoms with van der Waals surface area (Å²) in [5.41, 5.74) is 6.07. The molecule has 2 N–H and O–H groups in total. The molecule has 18 heavy (non-hydrogen) atoms. The molecule has 0 saturated carbocycles. The summed E-state index contributed by atoms with van der Waals surface area (Å²) in [4.78, 5) is 4.17. The van der Waals surface area contributed by atoms with Crippen molar-refractivity contribution in [1.82, 2.24) is 4.98 Å². The van der Waals surface area contributed by atoms with Crippen LogP contribution in [-0.4, -0.2) is 30.4 Å². The van der Waals surface area contributed by atoms with Crippen molar-refractivity contribution in [2.75, 3.05) is 25.6 Å². The van der Waals surface area contributed by atoms with Crippen molar-refractivity contribution >= 4 is 5.69 Å². The van der Waals surface area contributed by atoms with E-state index in [0.29, 0.717) is 37.3 Å². The topological polar surface area (TPSA) is 66.6 Å². The third-order valence-electron chi connectivity index (χ3n) is 2.01. The summed E-state index contributed by atoms with van der Waals surface area (Å²) in [6, 6.07) is 3.44. The van der Waals surface area contributed by atoms with E-state index in [2.05, 4.69) is 4.98 Å². The minimum absolute atomic E-state index is 0.158. The Morgan fingerprint density at radius 1 is 1.17 bits per heavy atom. The largest absolute Gasteiger partial charge is 0.476 e. The fourth-order valence-electron chi connectivity index (χ4n) is 1.26. The van der Waals surface area contributed by atoms with Crippen LogP contribution in [0.5, 0.6) is 11.8 Å². The van der Waals surface area contributed by atoms with E-state index in [1.165, 1.54) is 0 Å². The highest BCUT2D eigenvalue weighted by Gasteiger charge is 2.10. The smallest absolute Gasteiger partial charge is 0.240 e. The van der Waals surface area contributed by atoms with Crippen molar-refractivity contribution in [3.63, 3.8) is 0 Å². The number of hydrogen-bond acceptors (Lipinski definition) is 5. The van der Waals surface area contributed by atoms with E-state index < -0.39 is 0 Å². The molecule has 1 heterocycles. The molecule has 0 spiro atoms. The van der Waals surface area contributed by atoms with Crippen LogP contribution in [0.1, 0.15) is 27.7 Å². The normalized spacial score (nSPS) is 11.3. The number of rotatable bonds is 6. The van der Waals surface area contributed by atoms with Crippen LogP contribution in [0.4, 0.5) is 5.69 Å². The third kappa shape index (κ3) is 5.23. The molecule has 1 rings (SSSR count). The van der Waals surface area contributed by atoms with Gasteiger partial charge in [-0.2, -0.15) is 4.98 Å². The average Bonchev–Trinajstić information content (AvgIpc) is 2.28. The van der Waals surface area contributed by atoms with Crippen molar-refractivity contribution in [3.05, 3.63) is 12.1 Å². The molecule has 0 unspecified atom stereocenters. The Morgan fingerprint density at radius 2 is 1.89 bits per heavy atom. The van der Waals surface area contributed by atoms with Gasteiger partial charge in [0.15, 0.2) is 0 Å². The van der Waals surface area contributed by atoms with Gasteiger partial charge in [0.2, 0.25) is 11.8 Å². The molecule has 0 saturated heterocycles. The van der Waals surface area contributed by atoms with E-state index in [1.807, 2.05) is 27.7 Å². The molecule has 5 heteroatoms. The van der Waals surface area contributed by atoms with Gasteiger partial charge in [-0.05, 0) is 33.8 Å². The molecule has 0 aromatic carbocycles. The molecule has 0 aliphatic rings. The number of hydrogen-bond donors (Lipinski definition) is 1. The molecular weight excluding hydrogens is 232 g/mol. The molecular formula is C13H22N2O3. The second-order valence-electron chi connectivity index (χ2n) is 4.79. The molecule has 0 amide bonds. The maximum absolute atomic E-state index is 5.72. The summed E-state index contributed by atoms with van der Waals surface area (Å²) in [5, 5.41) is 0. The molecule has 102 valence electrons. The van der Waals surface area contributed by atoms with E-state index in [0.717, 1.165) is 0 Å². The van der Waals surface area contributed by atoms with Crippen molar-refractivity contribution in [2.45, 2.75) is 33.3 Å². The van der Waals surface area contributed by atoms with Gasteiger partial charge in [0.05, 0.1) is 24.5 Å². The lowest BCUT2D eigenvalue weighted by molar-refractivity contribution is -0.0168. The predicted molar refractivity (Wildman–Crippen MR) is 71.0 cm³/mol. The number of anilines is 1. The summed E-state index contributed by atoms with van der Waals surface area (Å²) in [5.74, 6) is 0.900. The maximum Gasteiger partial charge on any atom is 0.240 e. The van der Waals surface area contributed by atoms with Crippen molar-refractivity contribution in [2.24, 2.45) is 0 Å². The molecule has 1 aromatic rings. The number of pyridine rings is 1. The lowest BCUT2D eigenvalue weighted by Crippen LogP contribution is -2.22. The monoisotopic (exact) mass is 254 g/mol. The van der Waals surface area contributed by atoms with E-state index >= 15 is 0 Å². The molecule has 0 atom stereocenters. The van der Waals surface area contributed by atoms with Crippen LogP contribution in [0.15, 0.2) is 12.1 Å². The SMILES string of the molecule is CCOc1nc(OCCOC(C)(C)C)ccc1N. The summed E-state index contributed by atoms with van der Waals surface area (Å²) in [6.07, 6.45) is 0. The van der Waals surface area contributed by atoms with Gasteiger partial charge in [0.1, 0.15) is 6.61 Å². The third-order valence-corrected chi connectivity index (χ3v) is 2.01. The standard InChI is InChI=1S/C13H22N2O3/c1-5-16-12-10(14)6-7-11(15-12)17-8-9-18-13(2,3)4/h6-7H,5,8-9,14H2,1-4H3. The van der Waals surface area contributed by atoms with Crippen molar-refractivity contribution < 1.29 is 14.2 Å². The Labute approximate surface area is 108 Å². The summed E-state index contributed by atoms with van der Waals surface area (Å²) in [7, 11) is 0. The lowest BCUT2D eigenvalue weighted by atomic mass is 10.2. The fourth-order valence-corrected chi connectivity index (χ4v) is 1.26. The number of nitrogen functional groups attached to an aromatic ring is 1. The minimum Gasteiger partial charge on any atom is -0.476 e. The molecule has 1 aromatic heterocycles. The van der Waals surface area contributed by atoms with Crippen LogP contribution in [0, 0.1) is 0 Å². The van der Waals surface area contributed by atoms with Crippen molar-refractivity contribution in [3.8, 4) is 11.8 Å². The van der Waals surface area contributed by atoms with Crippen LogP contribution in [0.2, 0.25) is 0 Å². The van der Waals surface area contributed by atoms with Crippen LogP contribution < -0.4 is 15.2 Å². The zero-order valence-electron chi connectivity index (χ0n) is 11.5. The number of aromatic nitrogens is 1. The predicted octanol–water partition coefficient (Wildman–Crippen LogP) is 2.26. The van der Waals surface area contributed by atoms with Gasteiger partial charge in [0.25, 0.3) is 0 Å². The van der Waals surface area contributed by atoms with Crippen LogP contribution >= 0.6 is 0 Å². The highest BCUT2D eigenvalue weighted by Crippen LogP contribution is 2.21. The average molecular weight is 254 g/mol. The molecule has 0 aliphatic carbocycles. The first kappa shape index (κ1) is 14.6. The maximum atomic E-state index is 5.72. The van der Waals surface area contributed by atoms with Gasteiger partial charge < -0.3 is 19.9 Å². The first-order valence-corrected chi connectivity index (χ1v) is 6.08. The Hall–Kier alpha value is -1.49. The van der Waals surface area contributed by atoms with Crippen molar-refractivity contribution in [1.29, 1.82) is 0 Å². The quantitative estimate of drug-likeness (QED) is 0.789. The van der Waals surface area contributed by atoms with Gasteiger partial charge in [-0.15, -0.1) is 0 Å². The zero-order valence-corrected chi connectivity index (χ0v) is 11.5. The minimum atomic E-state index is -0.158. The summed E-state index contributed by atoms with van der Waals surface area (Å²) in [6.45, 7) is 9.36. The Balaban J connectivity index is 2.45. The number of nitrogens with two attached hydrogens (primary N) is 1. The highest BCUT2D eigenvalue weighted by atomic mass is 16.5. The summed E-state index contributed by atoms with van der Waals surface area (Å²) < 4.78 is 16.3. The Morgan fingerprint density at radius 3 is 2.50 bits per heavy atom. The van der Waals surface area contributed by atoms with E-state index in [9.17, 15) is 0 Å². The first-order chi connectivity index (χ1) is 8.42. The van der Waals surface area contributed by atoms with E-state index in [4.69, 9.17) is 19.9 Å². The Bertz CT molecular complexity index is 375. The fraction of sp³-hybridized carbons (Fsp3) is 0.615. The van der Waals surface area contributed by atoms with Crippen LogP contribution in [0.25, 0.3) is 0 Å². The van der Waals surface area contributed by atoms with E-state index in [1.54, 1.807) is 12.1 Å². The number of nitrogens with zero attached hydrogens (tertiary/aromatic N) is 1.